The fourth-order valence-corrected chi connectivity index (χ4v) is 2.94. The predicted octanol–water partition coefficient (Wildman–Crippen LogP) is 3.07. The minimum Gasteiger partial charge on any atom is -0.477 e. The second-order valence-corrected chi connectivity index (χ2v) is 7.80. The van der Waals surface area contributed by atoms with Crippen LogP contribution in [0.2, 0.25) is 0 Å². The number of nitrogens with one attached hydrogen (secondary N) is 1. The van der Waals surface area contributed by atoms with Gasteiger partial charge >= 0.3 is 5.97 Å². The Labute approximate surface area is 154 Å². The number of ether oxygens (including phenoxy) is 2. The van der Waals surface area contributed by atoms with E-state index in [1.54, 1.807) is 6.07 Å². The van der Waals surface area contributed by atoms with Gasteiger partial charge in [0.15, 0.2) is 0 Å². The summed E-state index contributed by atoms with van der Waals surface area (Å²) in [5.74, 6) is 1.13. The third-order valence-corrected chi connectivity index (χ3v) is 4.79. The lowest BCUT2D eigenvalue weighted by molar-refractivity contribution is -0.143. The van der Waals surface area contributed by atoms with E-state index in [0.29, 0.717) is 30.7 Å². The van der Waals surface area contributed by atoms with E-state index in [4.69, 9.17) is 9.47 Å². The van der Waals surface area contributed by atoms with Crippen LogP contribution < -0.4 is 10.1 Å². The minimum atomic E-state index is -0.673. The normalized spacial score (nSPS) is 17.7. The number of carbonyl (C=O) groups excluding carboxylic acids is 2. The Balaban J connectivity index is 1.72. The summed E-state index contributed by atoms with van der Waals surface area (Å²) < 4.78 is 10.7. The molecule has 0 aromatic carbocycles. The van der Waals surface area contributed by atoms with Crippen molar-refractivity contribution in [2.75, 3.05) is 13.7 Å². The van der Waals surface area contributed by atoms with Crippen LogP contribution >= 0.6 is 0 Å². The molecule has 2 aliphatic carbocycles. The van der Waals surface area contributed by atoms with E-state index in [2.05, 4.69) is 10.3 Å². The highest BCUT2D eigenvalue weighted by Crippen LogP contribution is 2.44. The third-order valence-electron chi connectivity index (χ3n) is 4.79. The van der Waals surface area contributed by atoms with Gasteiger partial charge in [0.2, 0.25) is 5.88 Å². The number of esters is 1. The first kappa shape index (κ1) is 18.7. The lowest BCUT2D eigenvalue weighted by Gasteiger charge is -2.18. The van der Waals surface area contributed by atoms with Crippen LogP contribution in [0, 0.1) is 11.8 Å². The first-order valence-electron chi connectivity index (χ1n) is 9.50. The Morgan fingerprint density at radius 3 is 2.54 bits per heavy atom. The van der Waals surface area contributed by atoms with E-state index in [1.165, 1.54) is 20.0 Å². The quantitative estimate of drug-likeness (QED) is 0.685. The first-order valence-corrected chi connectivity index (χ1v) is 9.50. The zero-order valence-electron chi connectivity index (χ0n) is 15.8. The molecular weight excluding hydrogens is 332 g/mol. The summed E-state index contributed by atoms with van der Waals surface area (Å²) in [6, 6.07) is 2.99. The first-order chi connectivity index (χ1) is 12.5. The molecule has 1 heterocycles. The van der Waals surface area contributed by atoms with Gasteiger partial charge in [-0.2, -0.15) is 0 Å². The van der Waals surface area contributed by atoms with Crippen LogP contribution in [0.4, 0.5) is 0 Å². The Morgan fingerprint density at radius 1 is 1.23 bits per heavy atom. The summed E-state index contributed by atoms with van der Waals surface area (Å²) in [4.78, 5) is 29.0. The Kier molecular flexibility index (Phi) is 5.79. The van der Waals surface area contributed by atoms with E-state index < -0.39 is 12.0 Å². The van der Waals surface area contributed by atoms with Crippen LogP contribution in [0.25, 0.3) is 0 Å². The van der Waals surface area contributed by atoms with Crippen LogP contribution in [0.1, 0.15) is 67.9 Å². The number of carbonyl (C=O) groups is 2. The van der Waals surface area contributed by atoms with E-state index in [-0.39, 0.29) is 17.5 Å². The number of amides is 1. The molecule has 0 saturated heterocycles. The van der Waals surface area contributed by atoms with Gasteiger partial charge < -0.3 is 14.8 Å². The Morgan fingerprint density at radius 2 is 1.96 bits per heavy atom. The van der Waals surface area contributed by atoms with Gasteiger partial charge in [0.1, 0.15) is 11.7 Å². The van der Waals surface area contributed by atoms with Crippen molar-refractivity contribution in [1.29, 1.82) is 0 Å². The number of methoxy groups -OCH3 is 1. The number of hydrogen-bond donors (Lipinski definition) is 1. The molecular formula is C20H28N2O4. The van der Waals surface area contributed by atoms with Gasteiger partial charge in [0.05, 0.1) is 13.7 Å². The standard InChI is InChI=1S/C20H28N2O4/c1-12(2)10-17(20(24)25-3)21-18(23)16-9-8-15(14-6-7-14)19(22-16)26-11-13-4-5-13/h8-9,12-14,17H,4-7,10-11H2,1-3H3,(H,21,23). The van der Waals surface area contributed by atoms with E-state index >= 15 is 0 Å². The molecule has 0 aliphatic heterocycles. The second-order valence-electron chi connectivity index (χ2n) is 7.80. The summed E-state index contributed by atoms with van der Waals surface area (Å²) in [7, 11) is 1.33. The number of hydrogen-bond acceptors (Lipinski definition) is 5. The highest BCUT2D eigenvalue weighted by Gasteiger charge is 2.30. The third kappa shape index (κ3) is 4.96. The topological polar surface area (TPSA) is 77.5 Å². The highest BCUT2D eigenvalue weighted by molar-refractivity contribution is 5.95. The van der Waals surface area contributed by atoms with Gasteiger partial charge in [-0.05, 0) is 55.9 Å². The molecule has 2 aliphatic rings. The summed E-state index contributed by atoms with van der Waals surface area (Å²) >= 11 is 0. The number of aromatic nitrogens is 1. The molecule has 1 aromatic rings. The van der Waals surface area contributed by atoms with E-state index in [0.717, 1.165) is 18.4 Å². The number of nitrogens with zero attached hydrogens (tertiary/aromatic N) is 1. The number of pyridine rings is 1. The lowest BCUT2D eigenvalue weighted by atomic mass is 10.0. The summed E-state index contributed by atoms with van der Waals surface area (Å²) in [6.45, 7) is 4.65. The van der Waals surface area contributed by atoms with Gasteiger partial charge in [-0.15, -0.1) is 0 Å². The molecule has 2 saturated carbocycles. The van der Waals surface area contributed by atoms with Crippen molar-refractivity contribution in [2.24, 2.45) is 11.8 Å². The van der Waals surface area contributed by atoms with Gasteiger partial charge in [-0.3, -0.25) is 4.79 Å². The van der Waals surface area contributed by atoms with Crippen LogP contribution in [-0.2, 0) is 9.53 Å². The minimum absolute atomic E-state index is 0.252. The molecule has 0 radical (unpaired) electrons. The molecule has 1 amide bonds. The fraction of sp³-hybridized carbons (Fsp3) is 0.650. The molecule has 1 unspecified atom stereocenters. The van der Waals surface area contributed by atoms with Gasteiger partial charge in [0, 0.05) is 5.56 Å². The zero-order valence-corrected chi connectivity index (χ0v) is 15.8. The van der Waals surface area contributed by atoms with Gasteiger partial charge in [-0.1, -0.05) is 19.9 Å². The van der Waals surface area contributed by atoms with Crippen LogP contribution in [-0.4, -0.2) is 36.6 Å². The van der Waals surface area contributed by atoms with Crippen LogP contribution in [0.5, 0.6) is 5.88 Å². The van der Waals surface area contributed by atoms with Crippen molar-refractivity contribution in [3.8, 4) is 5.88 Å². The average molecular weight is 360 g/mol. The summed E-state index contributed by atoms with van der Waals surface area (Å²) in [6.07, 6.45) is 5.21. The number of rotatable bonds is 9. The van der Waals surface area contributed by atoms with Crippen molar-refractivity contribution in [1.82, 2.24) is 10.3 Å². The second kappa shape index (κ2) is 8.06. The van der Waals surface area contributed by atoms with Crippen molar-refractivity contribution in [2.45, 2.75) is 57.9 Å². The van der Waals surface area contributed by atoms with Gasteiger partial charge in [0.25, 0.3) is 5.91 Å². The van der Waals surface area contributed by atoms with Crippen molar-refractivity contribution >= 4 is 11.9 Å². The maximum absolute atomic E-state index is 12.6. The molecule has 2 fully saturated rings. The Hall–Kier alpha value is -2.11. The predicted molar refractivity (Wildman–Crippen MR) is 97.2 cm³/mol. The molecule has 142 valence electrons. The maximum Gasteiger partial charge on any atom is 0.328 e. The largest absolute Gasteiger partial charge is 0.477 e. The molecule has 1 atom stereocenters. The molecule has 26 heavy (non-hydrogen) atoms. The Bertz CT molecular complexity index is 666. The summed E-state index contributed by atoms with van der Waals surface area (Å²) in [5.41, 5.74) is 1.37. The smallest absolute Gasteiger partial charge is 0.328 e. The molecule has 6 heteroatoms. The zero-order chi connectivity index (χ0) is 18.7. The molecule has 0 bridgehead atoms. The lowest BCUT2D eigenvalue weighted by Crippen LogP contribution is -2.42. The van der Waals surface area contributed by atoms with Crippen LogP contribution in [0.15, 0.2) is 12.1 Å². The highest BCUT2D eigenvalue weighted by atomic mass is 16.5. The monoisotopic (exact) mass is 360 g/mol. The SMILES string of the molecule is COC(=O)C(CC(C)C)NC(=O)c1ccc(C2CC2)c(OCC2CC2)n1. The van der Waals surface area contributed by atoms with Crippen LogP contribution in [0.3, 0.4) is 0 Å². The van der Waals surface area contributed by atoms with Crippen molar-refractivity contribution in [3.63, 3.8) is 0 Å². The van der Waals surface area contributed by atoms with E-state index in [1.807, 2.05) is 19.9 Å². The van der Waals surface area contributed by atoms with Crippen molar-refractivity contribution < 1.29 is 19.1 Å². The fourth-order valence-electron chi connectivity index (χ4n) is 2.94. The summed E-state index contributed by atoms with van der Waals surface area (Å²) in [5, 5.41) is 2.75. The molecule has 1 N–H and O–H groups in total. The molecule has 3 rings (SSSR count). The maximum atomic E-state index is 12.6. The average Bonchev–Trinajstić information content (AvgIpc) is 3.51. The molecule has 1 aromatic heterocycles. The molecule has 0 spiro atoms. The van der Waals surface area contributed by atoms with Gasteiger partial charge in [-0.25, -0.2) is 9.78 Å². The van der Waals surface area contributed by atoms with Crippen molar-refractivity contribution in [3.05, 3.63) is 23.4 Å². The molecule has 6 nitrogen and oxygen atoms in total. The van der Waals surface area contributed by atoms with E-state index in [9.17, 15) is 9.59 Å².